The van der Waals surface area contributed by atoms with Gasteiger partial charge in [-0.2, -0.15) is 0 Å². The Balaban J connectivity index is 1.75. The number of aryl methyl sites for hydroxylation is 1. The van der Waals surface area contributed by atoms with Crippen molar-refractivity contribution in [2.24, 2.45) is 0 Å². The van der Waals surface area contributed by atoms with Crippen molar-refractivity contribution in [2.45, 2.75) is 6.92 Å². The molecule has 0 fully saturated rings. The van der Waals surface area contributed by atoms with Crippen LogP contribution >= 0.6 is 11.3 Å². The van der Waals surface area contributed by atoms with E-state index < -0.39 is 0 Å². The summed E-state index contributed by atoms with van der Waals surface area (Å²) in [6.45, 7) is 2.05. The molecular weight excluding hydrogens is 376 g/mol. The molecule has 3 aromatic heterocycles. The predicted octanol–water partition coefficient (Wildman–Crippen LogP) is 6.42. The van der Waals surface area contributed by atoms with Crippen LogP contribution in [0, 0.1) is 6.92 Å². The number of benzene rings is 2. The number of ketones is 1. The minimum absolute atomic E-state index is 0.0586. The predicted molar refractivity (Wildman–Crippen MR) is 121 cm³/mol. The van der Waals surface area contributed by atoms with Gasteiger partial charge in [0.2, 0.25) is 5.78 Å². The largest absolute Gasteiger partial charge is 0.296 e. The number of thiophene rings is 1. The van der Waals surface area contributed by atoms with Crippen LogP contribution in [0.15, 0.2) is 84.4 Å². The van der Waals surface area contributed by atoms with Crippen LogP contribution in [0.2, 0.25) is 0 Å². The Morgan fingerprint density at radius 1 is 1.00 bits per heavy atom. The number of rotatable bonds is 4. The second-order valence-electron chi connectivity index (χ2n) is 6.98. The van der Waals surface area contributed by atoms with Gasteiger partial charge < -0.3 is 0 Å². The minimum atomic E-state index is -0.0586. The van der Waals surface area contributed by atoms with Gasteiger partial charge in [-0.25, -0.2) is 4.98 Å². The molecule has 0 N–H and O–H groups in total. The molecule has 0 atom stereocenters. The van der Waals surface area contributed by atoms with E-state index in [0.717, 1.165) is 26.9 Å². The van der Waals surface area contributed by atoms with E-state index in [1.807, 2.05) is 82.7 Å². The Labute approximate surface area is 172 Å². The number of carbonyl (C=O) groups excluding carboxylic acids is 1. The average molecular weight is 394 g/mol. The van der Waals surface area contributed by atoms with Crippen molar-refractivity contribution in [3.05, 3.63) is 101 Å². The maximum absolute atomic E-state index is 13.3. The third-order valence-corrected chi connectivity index (χ3v) is 5.85. The summed E-state index contributed by atoms with van der Waals surface area (Å²) in [4.78, 5) is 19.2. The van der Waals surface area contributed by atoms with Crippen molar-refractivity contribution in [1.29, 1.82) is 0 Å². The van der Waals surface area contributed by atoms with Gasteiger partial charge in [0.25, 0.3) is 0 Å². The zero-order valence-electron chi connectivity index (χ0n) is 15.9. The number of pyridine rings is 1. The fraction of sp³-hybridized carbons (Fsp3) is 0.0400. The summed E-state index contributed by atoms with van der Waals surface area (Å²) in [7, 11) is 0. The summed E-state index contributed by atoms with van der Waals surface area (Å²) in [5.41, 5.74) is 4.21. The minimum Gasteiger partial charge on any atom is -0.296 e. The maximum atomic E-state index is 13.3. The molecule has 0 bridgehead atoms. The second-order valence-corrected chi connectivity index (χ2v) is 7.96. The molecular formula is C25H18N2OS. The lowest BCUT2D eigenvalue weighted by Gasteiger charge is -2.04. The number of allylic oxidation sites excluding steroid dienone is 1. The fourth-order valence-electron chi connectivity index (χ4n) is 3.54. The average Bonchev–Trinajstić information content (AvgIpc) is 3.40. The molecule has 29 heavy (non-hydrogen) atoms. The Hall–Kier alpha value is -3.50. The summed E-state index contributed by atoms with van der Waals surface area (Å²) in [5.74, 6) is -0.0586. The van der Waals surface area contributed by atoms with E-state index in [1.165, 1.54) is 5.56 Å². The lowest BCUT2D eigenvalue weighted by Crippen LogP contribution is -2.02. The van der Waals surface area contributed by atoms with E-state index in [2.05, 4.69) is 13.0 Å². The Morgan fingerprint density at radius 2 is 1.83 bits per heavy atom. The highest BCUT2D eigenvalue weighted by atomic mass is 32.1. The van der Waals surface area contributed by atoms with Crippen LogP contribution in [0.1, 0.15) is 20.9 Å². The van der Waals surface area contributed by atoms with Crippen LogP contribution in [0.5, 0.6) is 0 Å². The first kappa shape index (κ1) is 17.6. The van der Waals surface area contributed by atoms with Gasteiger partial charge in [-0.15, -0.1) is 11.3 Å². The molecule has 0 saturated carbocycles. The SMILES string of the molecule is Cc1ccc(-c2nc3c4ccccc4ccn3c2C(=O)C=Cc2cccs2)cc1. The van der Waals surface area contributed by atoms with Crippen LogP contribution in [0.4, 0.5) is 0 Å². The van der Waals surface area contributed by atoms with Crippen LogP contribution < -0.4 is 0 Å². The normalized spacial score (nSPS) is 11.6. The molecule has 140 valence electrons. The van der Waals surface area contributed by atoms with Crippen molar-refractivity contribution in [1.82, 2.24) is 9.38 Å². The van der Waals surface area contributed by atoms with E-state index in [0.29, 0.717) is 11.4 Å². The number of nitrogens with zero attached hydrogens (tertiary/aromatic N) is 2. The first-order chi connectivity index (χ1) is 14.2. The van der Waals surface area contributed by atoms with Crippen LogP contribution in [0.25, 0.3) is 33.8 Å². The number of hydrogen-bond acceptors (Lipinski definition) is 3. The van der Waals surface area contributed by atoms with Crippen LogP contribution in [0.3, 0.4) is 0 Å². The summed E-state index contributed by atoms with van der Waals surface area (Å²) < 4.78 is 1.92. The molecule has 0 aliphatic carbocycles. The number of imidazole rings is 1. The number of carbonyl (C=O) groups is 1. The van der Waals surface area contributed by atoms with Crippen molar-refractivity contribution in [3.8, 4) is 11.3 Å². The van der Waals surface area contributed by atoms with Gasteiger partial charge in [0.1, 0.15) is 17.0 Å². The molecule has 0 aliphatic rings. The van der Waals surface area contributed by atoms with Crippen molar-refractivity contribution < 1.29 is 4.79 Å². The van der Waals surface area contributed by atoms with Gasteiger partial charge in [-0.1, -0.05) is 60.2 Å². The van der Waals surface area contributed by atoms with Gasteiger partial charge in [-0.3, -0.25) is 9.20 Å². The quantitative estimate of drug-likeness (QED) is 0.260. The zero-order chi connectivity index (χ0) is 19.8. The van der Waals surface area contributed by atoms with E-state index in [1.54, 1.807) is 17.4 Å². The highest BCUT2D eigenvalue weighted by Crippen LogP contribution is 2.29. The molecule has 4 heteroatoms. The molecule has 0 spiro atoms. The van der Waals surface area contributed by atoms with E-state index >= 15 is 0 Å². The lowest BCUT2D eigenvalue weighted by atomic mass is 10.1. The Kier molecular flexibility index (Phi) is 4.34. The van der Waals surface area contributed by atoms with Crippen molar-refractivity contribution >= 4 is 39.6 Å². The summed E-state index contributed by atoms with van der Waals surface area (Å²) in [5, 5.41) is 4.14. The molecule has 3 heterocycles. The summed E-state index contributed by atoms with van der Waals surface area (Å²) in [6, 6.07) is 22.3. The molecule has 0 saturated heterocycles. The molecule has 0 unspecified atom stereocenters. The van der Waals surface area contributed by atoms with E-state index in [4.69, 9.17) is 4.98 Å². The standard InChI is InChI=1S/C25H18N2OS/c1-17-8-10-19(11-9-17)23-24(22(28)13-12-20-6-4-16-29-20)27-15-14-18-5-2-3-7-21(18)25(27)26-23/h2-16H,1H3. The molecule has 0 aliphatic heterocycles. The molecule has 3 nitrogen and oxygen atoms in total. The fourth-order valence-corrected chi connectivity index (χ4v) is 4.16. The first-order valence-corrected chi connectivity index (χ1v) is 10.3. The van der Waals surface area contributed by atoms with Gasteiger partial charge in [0, 0.05) is 22.0 Å². The Bertz CT molecular complexity index is 1360. The number of fused-ring (bicyclic) bond motifs is 3. The van der Waals surface area contributed by atoms with E-state index in [9.17, 15) is 4.79 Å². The molecule has 5 rings (SSSR count). The monoisotopic (exact) mass is 394 g/mol. The smallest absolute Gasteiger partial charge is 0.204 e. The van der Waals surface area contributed by atoms with Gasteiger partial charge in [0.05, 0.1) is 0 Å². The molecule has 0 amide bonds. The zero-order valence-corrected chi connectivity index (χ0v) is 16.7. The summed E-state index contributed by atoms with van der Waals surface area (Å²) >= 11 is 1.61. The van der Waals surface area contributed by atoms with Gasteiger partial charge >= 0.3 is 0 Å². The van der Waals surface area contributed by atoms with Crippen LogP contribution in [-0.4, -0.2) is 15.2 Å². The van der Waals surface area contributed by atoms with Crippen molar-refractivity contribution in [2.75, 3.05) is 0 Å². The summed E-state index contributed by atoms with van der Waals surface area (Å²) in [6.07, 6.45) is 5.45. The highest BCUT2D eigenvalue weighted by Gasteiger charge is 2.20. The topological polar surface area (TPSA) is 34.4 Å². The van der Waals surface area contributed by atoms with Crippen LogP contribution in [-0.2, 0) is 0 Å². The molecule has 5 aromatic rings. The van der Waals surface area contributed by atoms with E-state index in [-0.39, 0.29) is 5.78 Å². The van der Waals surface area contributed by atoms with Crippen molar-refractivity contribution in [3.63, 3.8) is 0 Å². The molecule has 2 aromatic carbocycles. The highest BCUT2D eigenvalue weighted by molar-refractivity contribution is 7.10. The molecule has 0 radical (unpaired) electrons. The number of aromatic nitrogens is 2. The third-order valence-electron chi connectivity index (χ3n) is 5.02. The lowest BCUT2D eigenvalue weighted by molar-refractivity contribution is 0.104. The Morgan fingerprint density at radius 3 is 2.62 bits per heavy atom. The van der Waals surface area contributed by atoms with Gasteiger partial charge in [0.15, 0.2) is 0 Å². The second kappa shape index (κ2) is 7.15. The van der Waals surface area contributed by atoms with Gasteiger partial charge in [-0.05, 0) is 42.0 Å². The first-order valence-electron chi connectivity index (χ1n) is 9.43. The number of hydrogen-bond donors (Lipinski definition) is 0. The third kappa shape index (κ3) is 3.18. The maximum Gasteiger partial charge on any atom is 0.204 e.